The van der Waals surface area contributed by atoms with Crippen molar-refractivity contribution in [2.24, 2.45) is 0 Å². The minimum Gasteiger partial charge on any atom is -0.341 e. The maximum Gasteiger partial charge on any atom is 0.223 e. The molecule has 30 heavy (non-hydrogen) atoms. The molecule has 2 heterocycles. The zero-order chi connectivity index (χ0) is 20.1. The van der Waals surface area contributed by atoms with Gasteiger partial charge in [0.15, 0.2) is 5.78 Å². The zero-order valence-electron chi connectivity index (χ0n) is 17.3. The third-order valence-electron chi connectivity index (χ3n) is 6.06. The molecule has 2 fully saturated rings. The number of rotatable bonds is 6. The van der Waals surface area contributed by atoms with Crippen LogP contribution in [-0.4, -0.2) is 66.8 Å². The van der Waals surface area contributed by atoms with Gasteiger partial charge in [-0.05, 0) is 17.5 Å². The summed E-state index contributed by atoms with van der Waals surface area (Å²) in [5, 5.41) is 3.37. The first kappa shape index (κ1) is 22.5. The summed E-state index contributed by atoms with van der Waals surface area (Å²) in [5.74, 6) is 0.146. The second-order valence-electron chi connectivity index (χ2n) is 7.93. The van der Waals surface area contributed by atoms with E-state index < -0.39 is 0 Å². The summed E-state index contributed by atoms with van der Waals surface area (Å²) in [6.45, 7) is 5.80. The first-order valence-corrected chi connectivity index (χ1v) is 10.6. The van der Waals surface area contributed by atoms with E-state index in [1.165, 1.54) is 0 Å². The van der Waals surface area contributed by atoms with E-state index in [2.05, 4.69) is 22.3 Å². The maximum absolute atomic E-state index is 12.6. The van der Waals surface area contributed by atoms with E-state index >= 15 is 0 Å². The van der Waals surface area contributed by atoms with Crippen LogP contribution in [0.2, 0.25) is 0 Å². The van der Waals surface area contributed by atoms with Crippen molar-refractivity contribution in [2.75, 3.05) is 39.3 Å². The number of Topliss-reactive ketones (excluding diaryl/α,β-unsaturated/α-hetero) is 1. The number of piperazine rings is 1. The number of benzene rings is 2. The van der Waals surface area contributed by atoms with Crippen LogP contribution < -0.4 is 5.32 Å². The molecule has 2 aromatic rings. The highest BCUT2D eigenvalue weighted by Gasteiger charge is 2.30. The van der Waals surface area contributed by atoms with Crippen LogP contribution in [0.4, 0.5) is 0 Å². The lowest BCUT2D eigenvalue weighted by Gasteiger charge is -2.32. The molecule has 2 aliphatic rings. The maximum atomic E-state index is 12.6. The Morgan fingerprint density at radius 3 is 2.23 bits per heavy atom. The second kappa shape index (κ2) is 10.7. The highest BCUT2D eigenvalue weighted by molar-refractivity contribution is 5.98. The Morgan fingerprint density at radius 2 is 1.53 bits per heavy atom. The summed E-state index contributed by atoms with van der Waals surface area (Å²) < 4.78 is 0. The van der Waals surface area contributed by atoms with Crippen molar-refractivity contribution in [1.82, 2.24) is 15.1 Å². The summed E-state index contributed by atoms with van der Waals surface area (Å²) in [6.07, 6.45) is 1.62. The Morgan fingerprint density at radius 1 is 0.867 bits per heavy atom. The Balaban J connectivity index is 0.00000256. The Labute approximate surface area is 184 Å². The Bertz CT molecular complexity index is 835. The van der Waals surface area contributed by atoms with Gasteiger partial charge in [-0.3, -0.25) is 14.5 Å². The van der Waals surface area contributed by atoms with E-state index in [-0.39, 0.29) is 30.5 Å². The molecule has 2 saturated heterocycles. The van der Waals surface area contributed by atoms with Crippen LogP contribution >= 0.6 is 12.4 Å². The molecule has 0 aliphatic carbocycles. The zero-order valence-corrected chi connectivity index (χ0v) is 18.1. The van der Waals surface area contributed by atoms with Gasteiger partial charge in [-0.25, -0.2) is 0 Å². The molecule has 0 spiro atoms. The number of carbonyl (C=O) groups is 2. The Hall–Kier alpha value is -2.21. The third kappa shape index (κ3) is 5.48. The summed E-state index contributed by atoms with van der Waals surface area (Å²) in [4.78, 5) is 29.6. The molecule has 1 amide bonds. The lowest BCUT2D eigenvalue weighted by atomic mass is 10.0. The number of hydrogen-bond acceptors (Lipinski definition) is 4. The topological polar surface area (TPSA) is 52.7 Å². The van der Waals surface area contributed by atoms with Gasteiger partial charge < -0.3 is 10.2 Å². The molecule has 1 unspecified atom stereocenters. The molecule has 4 rings (SSSR count). The molecule has 1 atom stereocenters. The van der Waals surface area contributed by atoms with E-state index in [0.717, 1.165) is 56.8 Å². The van der Waals surface area contributed by atoms with Gasteiger partial charge in [0.25, 0.3) is 0 Å². The minimum absolute atomic E-state index is 0. The predicted molar refractivity (Wildman–Crippen MR) is 122 cm³/mol. The van der Waals surface area contributed by atoms with Gasteiger partial charge in [0.1, 0.15) is 0 Å². The average molecular weight is 428 g/mol. The van der Waals surface area contributed by atoms with Crippen molar-refractivity contribution < 1.29 is 9.59 Å². The second-order valence-corrected chi connectivity index (χ2v) is 7.93. The molecule has 0 saturated carbocycles. The summed E-state index contributed by atoms with van der Waals surface area (Å²) in [7, 11) is 0. The predicted octanol–water partition coefficient (Wildman–Crippen LogP) is 3.24. The fourth-order valence-corrected chi connectivity index (χ4v) is 4.32. The number of ketones is 1. The van der Waals surface area contributed by atoms with Crippen LogP contribution in [0.5, 0.6) is 0 Å². The number of likely N-dealkylation sites (tertiary alicyclic amines) is 1. The molecule has 0 bridgehead atoms. The summed E-state index contributed by atoms with van der Waals surface area (Å²) in [6, 6.07) is 18.3. The van der Waals surface area contributed by atoms with E-state index in [4.69, 9.17) is 0 Å². The molecule has 2 aromatic carbocycles. The minimum atomic E-state index is 0. The molecule has 2 aliphatic heterocycles. The van der Waals surface area contributed by atoms with Crippen molar-refractivity contribution in [3.05, 3.63) is 60.2 Å². The number of halogens is 1. The van der Waals surface area contributed by atoms with E-state index in [0.29, 0.717) is 18.0 Å². The number of nitrogens with zero attached hydrogens (tertiary/aromatic N) is 2. The highest BCUT2D eigenvalue weighted by Crippen LogP contribution is 2.21. The lowest BCUT2D eigenvalue weighted by molar-refractivity contribution is -0.130. The van der Waals surface area contributed by atoms with Crippen LogP contribution in [-0.2, 0) is 4.79 Å². The first-order chi connectivity index (χ1) is 14.2. The lowest BCUT2D eigenvalue weighted by Crippen LogP contribution is -2.49. The van der Waals surface area contributed by atoms with Crippen molar-refractivity contribution >= 4 is 24.1 Å². The smallest absolute Gasteiger partial charge is 0.223 e. The SMILES string of the molecule is Cl.O=C(CCC(=O)N1CCC(N2CCNCC2)C1)c1ccc(-c2ccccc2)cc1. The largest absolute Gasteiger partial charge is 0.341 e. The van der Waals surface area contributed by atoms with E-state index in [1.807, 2.05) is 47.4 Å². The molecule has 0 radical (unpaired) electrons. The van der Waals surface area contributed by atoms with Gasteiger partial charge in [-0.15, -0.1) is 12.4 Å². The van der Waals surface area contributed by atoms with Gasteiger partial charge in [-0.1, -0.05) is 54.6 Å². The molecule has 160 valence electrons. The van der Waals surface area contributed by atoms with Crippen molar-refractivity contribution in [1.29, 1.82) is 0 Å². The van der Waals surface area contributed by atoms with Gasteiger partial charge in [-0.2, -0.15) is 0 Å². The number of nitrogens with one attached hydrogen (secondary N) is 1. The number of amides is 1. The van der Waals surface area contributed by atoms with Crippen LogP contribution in [0.25, 0.3) is 11.1 Å². The highest BCUT2D eigenvalue weighted by atomic mass is 35.5. The van der Waals surface area contributed by atoms with Gasteiger partial charge >= 0.3 is 0 Å². The molecular formula is C24H30ClN3O2. The Kier molecular flexibility index (Phi) is 8.02. The van der Waals surface area contributed by atoms with Gasteiger partial charge in [0.05, 0.1) is 0 Å². The fourth-order valence-electron chi connectivity index (χ4n) is 4.32. The average Bonchev–Trinajstić information content (AvgIpc) is 3.29. The van der Waals surface area contributed by atoms with E-state index in [1.54, 1.807) is 0 Å². The normalized spacial score (nSPS) is 19.3. The van der Waals surface area contributed by atoms with E-state index in [9.17, 15) is 9.59 Å². The molecule has 6 heteroatoms. The van der Waals surface area contributed by atoms with Crippen LogP contribution in [0.15, 0.2) is 54.6 Å². The van der Waals surface area contributed by atoms with Crippen molar-refractivity contribution in [2.45, 2.75) is 25.3 Å². The van der Waals surface area contributed by atoms with Crippen LogP contribution in [0, 0.1) is 0 Å². The van der Waals surface area contributed by atoms with Gasteiger partial charge in [0, 0.05) is 63.7 Å². The number of carbonyl (C=O) groups excluding carboxylic acids is 2. The molecular weight excluding hydrogens is 398 g/mol. The first-order valence-electron chi connectivity index (χ1n) is 10.6. The monoisotopic (exact) mass is 427 g/mol. The van der Waals surface area contributed by atoms with Crippen LogP contribution in [0.3, 0.4) is 0 Å². The summed E-state index contributed by atoms with van der Waals surface area (Å²) in [5.41, 5.74) is 2.90. The van der Waals surface area contributed by atoms with Crippen LogP contribution in [0.1, 0.15) is 29.6 Å². The van der Waals surface area contributed by atoms with Crippen molar-refractivity contribution in [3.8, 4) is 11.1 Å². The van der Waals surface area contributed by atoms with Crippen molar-refractivity contribution in [3.63, 3.8) is 0 Å². The third-order valence-corrected chi connectivity index (χ3v) is 6.06. The standard InChI is InChI=1S/C24H29N3O2.ClH/c28-23(21-8-6-20(7-9-21)19-4-2-1-3-5-19)10-11-24(29)27-15-12-22(18-27)26-16-13-25-14-17-26;/h1-9,22,25H,10-18H2;1H. The molecule has 0 aromatic heterocycles. The quantitative estimate of drug-likeness (QED) is 0.719. The molecule has 1 N–H and O–H groups in total. The number of hydrogen-bond donors (Lipinski definition) is 1. The summed E-state index contributed by atoms with van der Waals surface area (Å²) >= 11 is 0. The fraction of sp³-hybridized carbons (Fsp3) is 0.417. The van der Waals surface area contributed by atoms with Gasteiger partial charge in [0.2, 0.25) is 5.91 Å². The molecule has 5 nitrogen and oxygen atoms in total.